The molecule has 3 aromatic heterocycles. The van der Waals surface area contributed by atoms with Crippen LogP contribution in [0.25, 0.3) is 22.5 Å². The van der Waals surface area contributed by atoms with E-state index in [1.54, 1.807) is 12.4 Å². The van der Waals surface area contributed by atoms with Crippen LogP contribution in [0.4, 0.5) is 0 Å². The Bertz CT molecular complexity index is 1050. The van der Waals surface area contributed by atoms with Crippen molar-refractivity contribution >= 4 is 5.91 Å². The topological polar surface area (TPSA) is 73.1 Å². The van der Waals surface area contributed by atoms with Gasteiger partial charge in [0.15, 0.2) is 5.82 Å². The maximum Gasteiger partial charge on any atom is 0.270 e. The highest BCUT2D eigenvalue weighted by Gasteiger charge is 2.30. The van der Waals surface area contributed by atoms with Gasteiger partial charge in [0.25, 0.3) is 5.91 Å². The number of carbonyl (C=O) groups excluding carboxylic acids is 1. The molecule has 1 saturated carbocycles. The van der Waals surface area contributed by atoms with Crippen molar-refractivity contribution in [3.63, 3.8) is 0 Å². The number of aromatic nitrogens is 4. The minimum absolute atomic E-state index is 0.0486. The first-order valence-corrected chi connectivity index (χ1v) is 10.9. The standard InChI is InChI=1S/C24H27N5O2/c1-16-12-29(13-17(2)31-16)24(30)22-8-20(15-28(22)14-18-5-6-18)21-10-26-23(27-11-21)19-4-3-7-25-9-19/h3-4,7-11,15-18H,5-6,12-14H2,1-2H3. The Balaban J connectivity index is 1.43. The summed E-state index contributed by atoms with van der Waals surface area (Å²) in [5.74, 6) is 1.38. The fourth-order valence-electron chi connectivity index (χ4n) is 4.20. The van der Waals surface area contributed by atoms with Gasteiger partial charge in [-0.1, -0.05) is 0 Å². The molecule has 1 saturated heterocycles. The second-order valence-corrected chi connectivity index (χ2v) is 8.71. The molecular formula is C24H27N5O2. The molecule has 160 valence electrons. The van der Waals surface area contributed by atoms with Crippen LogP contribution < -0.4 is 0 Å². The molecule has 1 aliphatic heterocycles. The van der Waals surface area contributed by atoms with E-state index in [2.05, 4.69) is 25.7 Å². The van der Waals surface area contributed by atoms with E-state index in [9.17, 15) is 4.79 Å². The van der Waals surface area contributed by atoms with Gasteiger partial charge in [-0.05, 0) is 50.8 Å². The predicted octanol–water partition coefficient (Wildman–Crippen LogP) is 3.67. The maximum atomic E-state index is 13.4. The number of ether oxygens (including phenoxy) is 1. The number of carbonyl (C=O) groups is 1. The molecule has 31 heavy (non-hydrogen) atoms. The van der Waals surface area contributed by atoms with Gasteiger partial charge in [-0.25, -0.2) is 9.97 Å². The third-order valence-electron chi connectivity index (χ3n) is 5.88. The molecule has 0 bridgehead atoms. The van der Waals surface area contributed by atoms with Crippen molar-refractivity contribution < 1.29 is 9.53 Å². The van der Waals surface area contributed by atoms with E-state index in [4.69, 9.17) is 4.74 Å². The third-order valence-corrected chi connectivity index (χ3v) is 5.88. The van der Waals surface area contributed by atoms with E-state index in [0.29, 0.717) is 24.8 Å². The first-order chi connectivity index (χ1) is 15.1. The summed E-state index contributed by atoms with van der Waals surface area (Å²) in [5.41, 5.74) is 3.49. The highest BCUT2D eigenvalue weighted by Crippen LogP contribution is 2.33. The summed E-state index contributed by atoms with van der Waals surface area (Å²) in [6.45, 7) is 6.16. The van der Waals surface area contributed by atoms with Gasteiger partial charge in [-0.2, -0.15) is 0 Å². The Kier molecular flexibility index (Phi) is 5.28. The van der Waals surface area contributed by atoms with Crippen molar-refractivity contribution in [1.29, 1.82) is 0 Å². The van der Waals surface area contributed by atoms with Crippen molar-refractivity contribution in [2.75, 3.05) is 13.1 Å². The predicted molar refractivity (Wildman–Crippen MR) is 117 cm³/mol. The van der Waals surface area contributed by atoms with Crippen LogP contribution in [-0.4, -0.2) is 55.6 Å². The molecule has 3 aromatic rings. The summed E-state index contributed by atoms with van der Waals surface area (Å²) in [5, 5.41) is 0. The Morgan fingerprint density at radius 2 is 1.81 bits per heavy atom. The van der Waals surface area contributed by atoms with Crippen LogP contribution in [-0.2, 0) is 11.3 Å². The molecule has 7 heteroatoms. The van der Waals surface area contributed by atoms with Crippen LogP contribution in [0.2, 0.25) is 0 Å². The summed E-state index contributed by atoms with van der Waals surface area (Å²) in [7, 11) is 0. The van der Waals surface area contributed by atoms with E-state index in [1.165, 1.54) is 12.8 Å². The fraction of sp³-hybridized carbons (Fsp3) is 0.417. The highest BCUT2D eigenvalue weighted by atomic mass is 16.5. The molecular weight excluding hydrogens is 390 g/mol. The second kappa shape index (κ2) is 8.23. The lowest BCUT2D eigenvalue weighted by atomic mass is 10.1. The van der Waals surface area contributed by atoms with Gasteiger partial charge < -0.3 is 14.2 Å². The molecule has 0 N–H and O–H groups in total. The first-order valence-electron chi connectivity index (χ1n) is 10.9. The number of nitrogens with zero attached hydrogens (tertiary/aromatic N) is 5. The van der Waals surface area contributed by atoms with Crippen LogP contribution >= 0.6 is 0 Å². The molecule has 7 nitrogen and oxygen atoms in total. The van der Waals surface area contributed by atoms with E-state index in [1.807, 2.05) is 49.3 Å². The van der Waals surface area contributed by atoms with Crippen LogP contribution in [0.5, 0.6) is 0 Å². The van der Waals surface area contributed by atoms with Crippen LogP contribution in [0.15, 0.2) is 49.2 Å². The number of amides is 1. The smallest absolute Gasteiger partial charge is 0.270 e. The number of pyridine rings is 1. The molecule has 2 atom stereocenters. The summed E-state index contributed by atoms with van der Waals surface area (Å²) in [6, 6.07) is 5.79. The van der Waals surface area contributed by atoms with E-state index in [0.717, 1.165) is 28.9 Å². The maximum absolute atomic E-state index is 13.4. The van der Waals surface area contributed by atoms with E-state index >= 15 is 0 Å². The Hall–Kier alpha value is -3.06. The number of hydrogen-bond donors (Lipinski definition) is 0. The zero-order valence-electron chi connectivity index (χ0n) is 17.9. The average molecular weight is 418 g/mol. The summed E-state index contributed by atoms with van der Waals surface area (Å²) < 4.78 is 7.93. The highest BCUT2D eigenvalue weighted by molar-refractivity contribution is 5.94. The largest absolute Gasteiger partial charge is 0.372 e. The van der Waals surface area contributed by atoms with Gasteiger partial charge in [-0.3, -0.25) is 9.78 Å². The lowest BCUT2D eigenvalue weighted by molar-refractivity contribution is -0.0588. The number of hydrogen-bond acceptors (Lipinski definition) is 5. The number of morpholine rings is 1. The van der Waals surface area contributed by atoms with Crippen molar-refractivity contribution in [2.45, 2.75) is 45.4 Å². The zero-order chi connectivity index (χ0) is 21.4. The van der Waals surface area contributed by atoms with E-state index < -0.39 is 0 Å². The van der Waals surface area contributed by atoms with Gasteiger partial charge in [-0.15, -0.1) is 0 Å². The molecule has 1 amide bonds. The molecule has 2 unspecified atom stereocenters. The lowest BCUT2D eigenvalue weighted by Gasteiger charge is -2.35. The molecule has 2 fully saturated rings. The molecule has 2 aliphatic rings. The molecule has 0 spiro atoms. The van der Waals surface area contributed by atoms with Crippen molar-refractivity contribution in [1.82, 2.24) is 24.4 Å². The van der Waals surface area contributed by atoms with Crippen molar-refractivity contribution in [3.05, 3.63) is 54.9 Å². The minimum Gasteiger partial charge on any atom is -0.372 e. The summed E-state index contributed by atoms with van der Waals surface area (Å²) >= 11 is 0. The van der Waals surface area contributed by atoms with Gasteiger partial charge >= 0.3 is 0 Å². The van der Waals surface area contributed by atoms with E-state index in [-0.39, 0.29) is 18.1 Å². The Labute approximate surface area is 182 Å². The average Bonchev–Trinajstić information content (AvgIpc) is 3.50. The van der Waals surface area contributed by atoms with Gasteiger partial charge in [0, 0.05) is 67.3 Å². The SMILES string of the molecule is CC1CN(C(=O)c2cc(-c3cnc(-c4cccnc4)nc3)cn2CC2CC2)CC(C)O1. The number of rotatable bonds is 5. The van der Waals surface area contributed by atoms with Gasteiger partial charge in [0.1, 0.15) is 5.69 Å². The quantitative estimate of drug-likeness (QED) is 0.633. The zero-order valence-corrected chi connectivity index (χ0v) is 17.9. The fourth-order valence-corrected chi connectivity index (χ4v) is 4.20. The normalized spacial score (nSPS) is 21.3. The van der Waals surface area contributed by atoms with Crippen LogP contribution in [0, 0.1) is 5.92 Å². The second-order valence-electron chi connectivity index (χ2n) is 8.71. The van der Waals surface area contributed by atoms with Gasteiger partial charge in [0.05, 0.1) is 12.2 Å². The van der Waals surface area contributed by atoms with Crippen LogP contribution in [0.3, 0.4) is 0 Å². The molecule has 0 radical (unpaired) electrons. The summed E-state index contributed by atoms with van der Waals surface area (Å²) in [6.07, 6.45) is 11.8. The van der Waals surface area contributed by atoms with Crippen LogP contribution in [0.1, 0.15) is 37.2 Å². The van der Waals surface area contributed by atoms with Crippen molar-refractivity contribution in [2.24, 2.45) is 5.92 Å². The first kappa shape index (κ1) is 19.9. The van der Waals surface area contributed by atoms with Crippen molar-refractivity contribution in [3.8, 4) is 22.5 Å². The Morgan fingerprint density at radius 1 is 1.06 bits per heavy atom. The third kappa shape index (κ3) is 4.37. The minimum atomic E-state index is 0.0486. The molecule has 1 aliphatic carbocycles. The Morgan fingerprint density at radius 3 is 2.45 bits per heavy atom. The monoisotopic (exact) mass is 417 g/mol. The lowest BCUT2D eigenvalue weighted by Crippen LogP contribution is -2.48. The molecule has 0 aromatic carbocycles. The van der Waals surface area contributed by atoms with Gasteiger partial charge in [0.2, 0.25) is 0 Å². The molecule has 5 rings (SSSR count). The summed E-state index contributed by atoms with van der Waals surface area (Å²) in [4.78, 5) is 28.5. The molecule has 4 heterocycles.